The molecule has 150 valence electrons. The minimum Gasteiger partial charge on any atom is -0.324 e. The van der Waals surface area contributed by atoms with Gasteiger partial charge in [-0.2, -0.15) is 4.31 Å². The standard InChI is InChI=1S/C18H18Cl2FN3O3S/c19-14-3-1-2-4-17(14)22-18(25)12-23-7-9-24(10-8-23)28(26,27)13-5-6-16(21)15(20)11-13/h1-6,11H,7-10,12H2,(H,22,25). The summed E-state index contributed by atoms with van der Waals surface area (Å²) in [5.41, 5.74) is 0.531. The number of hydrogen-bond donors (Lipinski definition) is 1. The number of nitrogens with one attached hydrogen (secondary N) is 1. The largest absolute Gasteiger partial charge is 0.324 e. The van der Waals surface area contributed by atoms with Gasteiger partial charge in [-0.25, -0.2) is 12.8 Å². The van der Waals surface area contributed by atoms with Crippen LogP contribution in [0.15, 0.2) is 47.4 Å². The molecule has 3 rings (SSSR count). The average Bonchev–Trinajstić information content (AvgIpc) is 2.66. The van der Waals surface area contributed by atoms with E-state index in [4.69, 9.17) is 23.2 Å². The van der Waals surface area contributed by atoms with Gasteiger partial charge in [-0.3, -0.25) is 9.69 Å². The molecule has 0 aromatic heterocycles. The van der Waals surface area contributed by atoms with Gasteiger partial charge in [0.25, 0.3) is 0 Å². The maximum absolute atomic E-state index is 13.3. The van der Waals surface area contributed by atoms with Gasteiger partial charge in [0.1, 0.15) is 5.82 Å². The number of anilines is 1. The van der Waals surface area contributed by atoms with Crippen molar-refractivity contribution in [3.63, 3.8) is 0 Å². The Morgan fingerprint density at radius 1 is 1.04 bits per heavy atom. The summed E-state index contributed by atoms with van der Waals surface area (Å²) in [4.78, 5) is 14.0. The Labute approximate surface area is 172 Å². The number of nitrogens with zero attached hydrogens (tertiary/aromatic N) is 2. The third kappa shape index (κ3) is 4.82. The van der Waals surface area contributed by atoms with E-state index in [-0.39, 0.29) is 35.5 Å². The van der Waals surface area contributed by atoms with Gasteiger partial charge in [0.05, 0.1) is 27.2 Å². The predicted octanol–water partition coefficient (Wildman–Crippen LogP) is 3.08. The lowest BCUT2D eigenvalue weighted by Gasteiger charge is -2.33. The van der Waals surface area contributed by atoms with Gasteiger partial charge in [0, 0.05) is 26.2 Å². The fourth-order valence-corrected chi connectivity index (χ4v) is 4.75. The van der Waals surface area contributed by atoms with Crippen LogP contribution in [0.25, 0.3) is 0 Å². The quantitative estimate of drug-likeness (QED) is 0.767. The Hall–Kier alpha value is -1.71. The van der Waals surface area contributed by atoms with Crippen molar-refractivity contribution in [3.05, 3.63) is 58.3 Å². The van der Waals surface area contributed by atoms with Gasteiger partial charge in [-0.05, 0) is 30.3 Å². The summed E-state index contributed by atoms with van der Waals surface area (Å²) in [5, 5.41) is 2.95. The van der Waals surface area contributed by atoms with Crippen LogP contribution in [0.5, 0.6) is 0 Å². The zero-order valence-corrected chi connectivity index (χ0v) is 17.1. The molecule has 10 heteroatoms. The monoisotopic (exact) mass is 445 g/mol. The van der Waals surface area contributed by atoms with Crippen LogP contribution in [0.2, 0.25) is 10.0 Å². The van der Waals surface area contributed by atoms with Crippen molar-refractivity contribution < 1.29 is 17.6 Å². The fraction of sp³-hybridized carbons (Fsp3) is 0.278. The van der Waals surface area contributed by atoms with Crippen LogP contribution in [0.1, 0.15) is 0 Å². The summed E-state index contributed by atoms with van der Waals surface area (Å²) in [5.74, 6) is -0.898. The first kappa shape index (κ1) is 21.0. The molecule has 0 unspecified atom stereocenters. The van der Waals surface area contributed by atoms with E-state index in [0.29, 0.717) is 23.8 Å². The molecule has 0 atom stereocenters. The molecule has 0 radical (unpaired) electrons. The molecule has 0 saturated carbocycles. The van der Waals surface area contributed by atoms with Crippen molar-refractivity contribution in [2.75, 3.05) is 38.0 Å². The van der Waals surface area contributed by atoms with E-state index in [1.165, 1.54) is 10.4 Å². The highest BCUT2D eigenvalue weighted by molar-refractivity contribution is 7.89. The lowest BCUT2D eigenvalue weighted by molar-refractivity contribution is -0.117. The van der Waals surface area contributed by atoms with E-state index in [1.54, 1.807) is 24.3 Å². The Morgan fingerprint density at radius 2 is 1.71 bits per heavy atom. The topological polar surface area (TPSA) is 69.7 Å². The molecule has 1 N–H and O–H groups in total. The Kier molecular flexibility index (Phi) is 6.57. The highest BCUT2D eigenvalue weighted by Gasteiger charge is 2.29. The number of para-hydroxylation sites is 1. The second kappa shape index (κ2) is 8.75. The third-order valence-electron chi connectivity index (χ3n) is 4.38. The molecular formula is C18H18Cl2FN3O3S. The lowest BCUT2D eigenvalue weighted by atomic mass is 10.3. The molecule has 0 aliphatic carbocycles. The number of halogens is 3. The van der Waals surface area contributed by atoms with Crippen LogP contribution in [0.3, 0.4) is 0 Å². The van der Waals surface area contributed by atoms with E-state index in [1.807, 2.05) is 4.90 Å². The van der Waals surface area contributed by atoms with E-state index < -0.39 is 15.8 Å². The zero-order valence-electron chi connectivity index (χ0n) is 14.7. The fourth-order valence-electron chi connectivity index (χ4n) is 2.87. The number of sulfonamides is 1. The van der Waals surface area contributed by atoms with Crippen LogP contribution in [-0.4, -0.2) is 56.3 Å². The van der Waals surface area contributed by atoms with Gasteiger partial charge in [-0.15, -0.1) is 0 Å². The van der Waals surface area contributed by atoms with Crippen molar-refractivity contribution in [3.8, 4) is 0 Å². The Bertz CT molecular complexity index is 980. The van der Waals surface area contributed by atoms with E-state index in [0.717, 1.165) is 12.1 Å². The van der Waals surface area contributed by atoms with Crippen LogP contribution >= 0.6 is 23.2 Å². The maximum atomic E-state index is 13.3. The van der Waals surface area contributed by atoms with Crippen LogP contribution < -0.4 is 5.32 Å². The number of carbonyl (C=O) groups is 1. The van der Waals surface area contributed by atoms with Gasteiger partial charge in [0.15, 0.2) is 0 Å². The minimum atomic E-state index is -3.77. The van der Waals surface area contributed by atoms with Crippen molar-refractivity contribution in [1.29, 1.82) is 0 Å². The number of amides is 1. The molecule has 1 aliphatic heterocycles. The first-order valence-electron chi connectivity index (χ1n) is 8.49. The molecule has 6 nitrogen and oxygen atoms in total. The number of hydrogen-bond acceptors (Lipinski definition) is 4. The second-order valence-corrected chi connectivity index (χ2v) is 9.04. The van der Waals surface area contributed by atoms with Gasteiger partial charge in [0.2, 0.25) is 15.9 Å². The van der Waals surface area contributed by atoms with Crippen LogP contribution in [0.4, 0.5) is 10.1 Å². The Balaban J connectivity index is 1.57. The highest BCUT2D eigenvalue weighted by atomic mass is 35.5. The maximum Gasteiger partial charge on any atom is 0.243 e. The normalized spacial score (nSPS) is 16.1. The van der Waals surface area contributed by atoms with E-state index in [2.05, 4.69) is 5.32 Å². The molecule has 2 aromatic carbocycles. The second-order valence-electron chi connectivity index (χ2n) is 6.28. The zero-order chi connectivity index (χ0) is 20.3. The summed E-state index contributed by atoms with van der Waals surface area (Å²) < 4.78 is 40.0. The summed E-state index contributed by atoms with van der Waals surface area (Å²) in [6, 6.07) is 10.3. The van der Waals surface area contributed by atoms with Crippen molar-refractivity contribution in [2.45, 2.75) is 4.90 Å². The molecule has 0 bridgehead atoms. The van der Waals surface area contributed by atoms with Gasteiger partial charge in [-0.1, -0.05) is 35.3 Å². The SMILES string of the molecule is O=C(CN1CCN(S(=O)(=O)c2ccc(F)c(Cl)c2)CC1)Nc1ccccc1Cl. The predicted molar refractivity (Wildman–Crippen MR) is 107 cm³/mol. The molecule has 1 saturated heterocycles. The molecular weight excluding hydrogens is 428 g/mol. The molecule has 2 aromatic rings. The highest BCUT2D eigenvalue weighted by Crippen LogP contribution is 2.23. The Morgan fingerprint density at radius 3 is 2.36 bits per heavy atom. The molecule has 0 spiro atoms. The van der Waals surface area contributed by atoms with E-state index in [9.17, 15) is 17.6 Å². The molecule has 1 fully saturated rings. The summed E-state index contributed by atoms with van der Waals surface area (Å²) >= 11 is 11.7. The van der Waals surface area contributed by atoms with Crippen LogP contribution in [0, 0.1) is 5.82 Å². The lowest BCUT2D eigenvalue weighted by Crippen LogP contribution is -2.50. The van der Waals surface area contributed by atoms with Gasteiger partial charge >= 0.3 is 0 Å². The number of benzene rings is 2. The average molecular weight is 446 g/mol. The number of carbonyl (C=O) groups excluding carboxylic acids is 1. The molecule has 28 heavy (non-hydrogen) atoms. The van der Waals surface area contributed by atoms with Gasteiger partial charge < -0.3 is 5.32 Å². The van der Waals surface area contributed by atoms with Crippen LogP contribution in [-0.2, 0) is 14.8 Å². The first-order chi connectivity index (χ1) is 13.3. The summed E-state index contributed by atoms with van der Waals surface area (Å²) in [7, 11) is -3.77. The minimum absolute atomic E-state index is 0.0520. The van der Waals surface area contributed by atoms with E-state index >= 15 is 0 Å². The molecule has 1 amide bonds. The summed E-state index contributed by atoms with van der Waals surface area (Å²) in [6.45, 7) is 1.35. The smallest absolute Gasteiger partial charge is 0.243 e. The van der Waals surface area contributed by atoms with Crippen molar-refractivity contribution in [1.82, 2.24) is 9.21 Å². The van der Waals surface area contributed by atoms with Crippen molar-refractivity contribution >= 4 is 44.8 Å². The molecule has 1 aliphatic rings. The van der Waals surface area contributed by atoms with Crippen molar-refractivity contribution in [2.24, 2.45) is 0 Å². The summed E-state index contributed by atoms with van der Waals surface area (Å²) in [6.07, 6.45) is 0. The number of rotatable bonds is 5. The first-order valence-corrected chi connectivity index (χ1v) is 10.7. The third-order valence-corrected chi connectivity index (χ3v) is 6.89. The number of piperazine rings is 1. The molecule has 1 heterocycles.